The molecule has 1 amide bonds. The van der Waals surface area contributed by atoms with E-state index in [0.717, 1.165) is 35.5 Å². The van der Waals surface area contributed by atoms with Gasteiger partial charge >= 0.3 is 0 Å². The van der Waals surface area contributed by atoms with Crippen molar-refractivity contribution in [3.63, 3.8) is 0 Å². The van der Waals surface area contributed by atoms with Crippen LogP contribution in [0.2, 0.25) is 0 Å². The Labute approximate surface area is 173 Å². The molecular formula is C23H20N6O. The summed E-state index contributed by atoms with van der Waals surface area (Å²) in [5, 5.41) is 15.0. The van der Waals surface area contributed by atoms with Crippen molar-refractivity contribution in [2.24, 2.45) is 0 Å². The number of tetrazole rings is 1. The van der Waals surface area contributed by atoms with Crippen LogP contribution in [0.15, 0.2) is 66.7 Å². The maximum absolute atomic E-state index is 12.8. The second-order valence-electron chi connectivity index (χ2n) is 7.41. The number of benzene rings is 2. The van der Waals surface area contributed by atoms with Crippen LogP contribution in [0, 0.1) is 6.92 Å². The van der Waals surface area contributed by atoms with Gasteiger partial charge in [0.1, 0.15) is 0 Å². The normalized spacial score (nSPS) is 13.2. The topological polar surface area (TPSA) is 85.6 Å². The third kappa shape index (κ3) is 3.57. The minimum absolute atomic E-state index is 0.185. The summed E-state index contributed by atoms with van der Waals surface area (Å²) < 4.78 is 1.87. The van der Waals surface area contributed by atoms with Gasteiger partial charge in [0.15, 0.2) is 5.82 Å². The van der Waals surface area contributed by atoms with Gasteiger partial charge in [-0.1, -0.05) is 30.3 Å². The van der Waals surface area contributed by atoms with Crippen LogP contribution in [0.25, 0.3) is 22.6 Å². The minimum atomic E-state index is -0.185. The molecule has 1 N–H and O–H groups in total. The van der Waals surface area contributed by atoms with Crippen LogP contribution >= 0.6 is 0 Å². The summed E-state index contributed by atoms with van der Waals surface area (Å²) in [7, 11) is 0. The number of rotatable bonds is 5. The maximum atomic E-state index is 12.8. The molecule has 148 valence electrons. The average molecular weight is 396 g/mol. The quantitative estimate of drug-likeness (QED) is 0.544. The van der Waals surface area contributed by atoms with E-state index < -0.39 is 0 Å². The van der Waals surface area contributed by atoms with Crippen LogP contribution in [0.1, 0.15) is 34.9 Å². The first-order valence-electron chi connectivity index (χ1n) is 9.92. The lowest BCUT2D eigenvalue weighted by molar-refractivity contribution is 0.102. The highest BCUT2D eigenvalue weighted by atomic mass is 16.1. The molecular weight excluding hydrogens is 376 g/mol. The first-order valence-corrected chi connectivity index (χ1v) is 9.92. The van der Waals surface area contributed by atoms with Crippen molar-refractivity contribution in [2.45, 2.75) is 25.8 Å². The molecule has 1 saturated carbocycles. The molecule has 0 aliphatic heterocycles. The number of pyridine rings is 1. The molecule has 0 unspecified atom stereocenters. The van der Waals surface area contributed by atoms with Gasteiger partial charge in [0.05, 0.1) is 23.0 Å². The summed E-state index contributed by atoms with van der Waals surface area (Å²) in [6.07, 6.45) is 2.23. The fourth-order valence-electron chi connectivity index (χ4n) is 3.42. The van der Waals surface area contributed by atoms with Crippen molar-refractivity contribution < 1.29 is 4.79 Å². The Morgan fingerprint density at radius 1 is 0.967 bits per heavy atom. The van der Waals surface area contributed by atoms with Crippen molar-refractivity contribution in [3.05, 3.63) is 78.0 Å². The van der Waals surface area contributed by atoms with E-state index in [-0.39, 0.29) is 5.91 Å². The average Bonchev–Trinajstić information content (AvgIpc) is 3.51. The molecule has 1 fully saturated rings. The fourth-order valence-corrected chi connectivity index (χ4v) is 3.42. The summed E-state index contributed by atoms with van der Waals surface area (Å²) in [6, 6.07) is 21.6. The van der Waals surface area contributed by atoms with Gasteiger partial charge in [0.2, 0.25) is 0 Å². The third-order valence-electron chi connectivity index (χ3n) is 5.19. The molecule has 5 rings (SSSR count). The first-order chi connectivity index (χ1) is 14.7. The Kier molecular flexibility index (Phi) is 4.55. The van der Waals surface area contributed by atoms with Gasteiger partial charge < -0.3 is 5.32 Å². The summed E-state index contributed by atoms with van der Waals surface area (Å²) in [5.74, 6) is 0.571. The van der Waals surface area contributed by atoms with Gasteiger partial charge in [-0.3, -0.25) is 9.78 Å². The first kappa shape index (κ1) is 18.2. The Morgan fingerprint density at radius 2 is 1.73 bits per heavy atom. The number of aryl methyl sites for hydroxylation is 1. The van der Waals surface area contributed by atoms with E-state index in [1.807, 2.05) is 78.3 Å². The van der Waals surface area contributed by atoms with Gasteiger partial charge in [-0.2, -0.15) is 0 Å². The SMILES string of the molecule is Cc1nc(-c2ccccc2)ccc1C(=O)Nc1ccc(-c2nnnn2C2CC2)cc1. The third-order valence-corrected chi connectivity index (χ3v) is 5.19. The van der Waals surface area contributed by atoms with Crippen molar-refractivity contribution in [2.75, 3.05) is 5.32 Å². The molecule has 2 aromatic heterocycles. The molecule has 4 aromatic rings. The van der Waals surface area contributed by atoms with E-state index in [1.165, 1.54) is 0 Å². The molecule has 2 heterocycles. The molecule has 7 heteroatoms. The van der Waals surface area contributed by atoms with Gasteiger partial charge in [-0.05, 0) is 66.6 Å². The smallest absolute Gasteiger partial charge is 0.257 e. The van der Waals surface area contributed by atoms with E-state index in [9.17, 15) is 4.79 Å². The largest absolute Gasteiger partial charge is 0.322 e. The van der Waals surface area contributed by atoms with Crippen molar-refractivity contribution in [3.8, 4) is 22.6 Å². The molecule has 0 saturated heterocycles. The highest BCUT2D eigenvalue weighted by molar-refractivity contribution is 6.05. The Morgan fingerprint density at radius 3 is 2.43 bits per heavy atom. The summed E-state index contributed by atoms with van der Waals surface area (Å²) in [4.78, 5) is 17.4. The van der Waals surface area contributed by atoms with E-state index >= 15 is 0 Å². The molecule has 7 nitrogen and oxygen atoms in total. The lowest BCUT2D eigenvalue weighted by Gasteiger charge is -2.10. The van der Waals surface area contributed by atoms with E-state index in [4.69, 9.17) is 0 Å². The van der Waals surface area contributed by atoms with Gasteiger partial charge in [0, 0.05) is 16.8 Å². The van der Waals surface area contributed by atoms with Crippen LogP contribution < -0.4 is 5.32 Å². The molecule has 1 aliphatic carbocycles. The van der Waals surface area contributed by atoms with Gasteiger partial charge in [0.25, 0.3) is 5.91 Å². The Balaban J connectivity index is 1.32. The number of carbonyl (C=O) groups excluding carboxylic acids is 1. The van der Waals surface area contributed by atoms with Gasteiger partial charge in [-0.15, -0.1) is 5.10 Å². The maximum Gasteiger partial charge on any atom is 0.257 e. The summed E-state index contributed by atoms with van der Waals surface area (Å²) >= 11 is 0. The van der Waals surface area contributed by atoms with E-state index in [0.29, 0.717) is 23.0 Å². The molecule has 0 radical (unpaired) electrons. The highest BCUT2D eigenvalue weighted by Crippen LogP contribution is 2.36. The number of nitrogens with zero attached hydrogens (tertiary/aromatic N) is 5. The van der Waals surface area contributed by atoms with Crippen molar-refractivity contribution >= 4 is 11.6 Å². The fraction of sp³-hybridized carbons (Fsp3) is 0.174. The number of hydrogen-bond acceptors (Lipinski definition) is 5. The predicted octanol–water partition coefficient (Wildman–Crippen LogP) is 4.30. The predicted molar refractivity (Wildman–Crippen MR) is 114 cm³/mol. The Hall–Kier alpha value is -3.87. The van der Waals surface area contributed by atoms with Gasteiger partial charge in [-0.25, -0.2) is 4.68 Å². The number of aromatic nitrogens is 5. The van der Waals surface area contributed by atoms with Crippen LogP contribution in [0.5, 0.6) is 0 Å². The van der Waals surface area contributed by atoms with Crippen molar-refractivity contribution in [1.82, 2.24) is 25.2 Å². The number of anilines is 1. The van der Waals surface area contributed by atoms with Crippen molar-refractivity contribution in [1.29, 1.82) is 0 Å². The lowest BCUT2D eigenvalue weighted by atomic mass is 10.1. The molecule has 2 aromatic carbocycles. The van der Waals surface area contributed by atoms with Crippen LogP contribution in [0.3, 0.4) is 0 Å². The van der Waals surface area contributed by atoms with Crippen LogP contribution in [-0.2, 0) is 0 Å². The molecule has 0 spiro atoms. The number of hydrogen-bond donors (Lipinski definition) is 1. The Bertz CT molecular complexity index is 1200. The molecule has 1 aliphatic rings. The lowest BCUT2D eigenvalue weighted by Crippen LogP contribution is -2.14. The summed E-state index contributed by atoms with van der Waals surface area (Å²) in [5.41, 5.74) is 4.75. The van der Waals surface area contributed by atoms with Crippen LogP contribution in [0.4, 0.5) is 5.69 Å². The van der Waals surface area contributed by atoms with Crippen LogP contribution in [-0.4, -0.2) is 31.1 Å². The number of carbonyl (C=O) groups is 1. The molecule has 0 atom stereocenters. The second kappa shape index (κ2) is 7.51. The highest BCUT2D eigenvalue weighted by Gasteiger charge is 2.28. The van der Waals surface area contributed by atoms with E-state index in [2.05, 4.69) is 25.8 Å². The van der Waals surface area contributed by atoms with E-state index in [1.54, 1.807) is 0 Å². The standard InChI is InChI=1S/C23H20N6O/c1-15-20(13-14-21(24-15)16-5-3-2-4-6-16)23(30)25-18-9-7-17(8-10-18)22-26-27-28-29(22)19-11-12-19/h2-10,13-14,19H,11-12H2,1H3,(H,25,30). The number of amides is 1. The second-order valence-corrected chi connectivity index (χ2v) is 7.41. The number of nitrogens with one attached hydrogen (secondary N) is 1. The monoisotopic (exact) mass is 396 g/mol. The zero-order valence-electron chi connectivity index (χ0n) is 16.5. The minimum Gasteiger partial charge on any atom is -0.322 e. The zero-order valence-corrected chi connectivity index (χ0v) is 16.5. The zero-order chi connectivity index (χ0) is 20.5. The molecule has 30 heavy (non-hydrogen) atoms. The summed E-state index contributed by atoms with van der Waals surface area (Å²) in [6.45, 7) is 1.85. The molecule has 0 bridgehead atoms.